The predicted molar refractivity (Wildman–Crippen MR) is 54.6 cm³/mol. The van der Waals surface area contributed by atoms with E-state index < -0.39 is 0 Å². The van der Waals surface area contributed by atoms with Crippen molar-refractivity contribution in [2.24, 2.45) is 0 Å². The summed E-state index contributed by atoms with van der Waals surface area (Å²) < 4.78 is 10.5. The lowest BCUT2D eigenvalue weighted by Gasteiger charge is -2.12. The molecule has 3 rings (SSSR count). The molecular formula is C10H10N2O4. The van der Waals surface area contributed by atoms with Crippen molar-refractivity contribution in [2.45, 2.75) is 0 Å². The Morgan fingerprint density at radius 3 is 2.88 bits per heavy atom. The third-order valence-corrected chi connectivity index (χ3v) is 2.46. The average molecular weight is 222 g/mol. The number of rotatable bonds is 0. The van der Waals surface area contributed by atoms with Gasteiger partial charge >= 0.3 is 0 Å². The number of hydrogen-bond acceptors (Lipinski definition) is 5. The molecule has 0 aliphatic carbocycles. The van der Waals surface area contributed by atoms with Crippen LogP contribution in [-0.4, -0.2) is 25.5 Å². The Morgan fingerprint density at radius 1 is 1.31 bits per heavy atom. The molecule has 0 saturated carbocycles. The van der Waals surface area contributed by atoms with E-state index in [4.69, 9.17) is 14.3 Å². The maximum absolute atomic E-state index is 11.6. The van der Waals surface area contributed by atoms with Crippen LogP contribution in [0.15, 0.2) is 12.1 Å². The van der Waals surface area contributed by atoms with Crippen LogP contribution in [-0.2, 0) is 4.84 Å². The Hall–Kier alpha value is -2.11. The Labute approximate surface area is 91.1 Å². The van der Waals surface area contributed by atoms with Gasteiger partial charge < -0.3 is 19.2 Å². The highest BCUT2D eigenvalue weighted by atomic mass is 16.9. The van der Waals surface area contributed by atoms with Gasteiger partial charge in [0.25, 0.3) is 5.36 Å². The summed E-state index contributed by atoms with van der Waals surface area (Å²) in [5, 5.41) is 12.8. The van der Waals surface area contributed by atoms with Gasteiger partial charge in [0, 0.05) is 18.1 Å². The van der Waals surface area contributed by atoms with Gasteiger partial charge in [-0.25, -0.2) is 0 Å². The molecule has 0 fully saturated rings. The zero-order valence-corrected chi connectivity index (χ0v) is 8.67. The summed E-state index contributed by atoms with van der Waals surface area (Å²) in [6.45, 7) is 0.401. The monoisotopic (exact) mass is 222 g/mol. The van der Waals surface area contributed by atoms with Crippen LogP contribution in [0.1, 0.15) is 0 Å². The van der Waals surface area contributed by atoms with Gasteiger partial charge in [0.05, 0.1) is 11.3 Å². The van der Waals surface area contributed by atoms with Crippen LogP contribution in [0.25, 0.3) is 6.20 Å². The number of nitrogens with zero attached hydrogens (tertiary/aromatic N) is 2. The summed E-state index contributed by atoms with van der Waals surface area (Å²) in [4.78, 5) is 7.25. The van der Waals surface area contributed by atoms with Gasteiger partial charge in [0.1, 0.15) is 6.73 Å². The van der Waals surface area contributed by atoms with Gasteiger partial charge in [0.15, 0.2) is 11.5 Å². The van der Waals surface area contributed by atoms with Crippen molar-refractivity contribution in [2.75, 3.05) is 20.6 Å². The van der Waals surface area contributed by atoms with Crippen molar-refractivity contribution in [3.05, 3.63) is 27.9 Å². The Kier molecular flexibility index (Phi) is 1.82. The molecule has 0 spiro atoms. The van der Waals surface area contributed by atoms with E-state index in [2.05, 4.69) is 0 Å². The fourth-order valence-electron chi connectivity index (χ4n) is 1.70. The third-order valence-electron chi connectivity index (χ3n) is 2.46. The first-order chi connectivity index (χ1) is 7.74. The van der Waals surface area contributed by atoms with Crippen LogP contribution in [0.3, 0.4) is 0 Å². The number of hydrogen-bond donors (Lipinski definition) is 0. The first kappa shape index (κ1) is 9.14. The summed E-state index contributed by atoms with van der Waals surface area (Å²) in [6, 6.07) is 3.40. The Morgan fingerprint density at radius 2 is 2.06 bits per heavy atom. The maximum atomic E-state index is 11.6. The van der Waals surface area contributed by atoms with Crippen LogP contribution >= 0.6 is 0 Å². The zero-order valence-electron chi connectivity index (χ0n) is 8.67. The molecule has 1 aromatic rings. The topological polar surface area (TPSA) is 57.0 Å². The molecule has 84 valence electrons. The Bertz CT molecular complexity index is 555. The van der Waals surface area contributed by atoms with Gasteiger partial charge in [-0.2, -0.15) is 0 Å². The first-order valence-electron chi connectivity index (χ1n) is 4.83. The Balaban J connectivity index is 2.33. The van der Waals surface area contributed by atoms with Gasteiger partial charge in [-0.1, -0.05) is 0 Å². The largest absolute Gasteiger partial charge is 0.454 e. The predicted octanol–water partition coefficient (Wildman–Crippen LogP) is -1.02. The minimum absolute atomic E-state index is 0.188. The lowest BCUT2D eigenvalue weighted by atomic mass is 10.2. The first-order valence-corrected chi connectivity index (χ1v) is 4.83. The minimum Gasteiger partial charge on any atom is -0.454 e. The molecule has 0 unspecified atom stereocenters. The number of fused-ring (bicyclic) bond motifs is 2. The number of benzene rings is 1. The quantitative estimate of drug-likeness (QED) is 0.526. The third kappa shape index (κ3) is 1.30. The van der Waals surface area contributed by atoms with Crippen LogP contribution in [0.4, 0.5) is 0 Å². The van der Waals surface area contributed by atoms with Gasteiger partial charge in [-0.15, -0.1) is 0 Å². The molecule has 0 saturated heterocycles. The summed E-state index contributed by atoms with van der Waals surface area (Å²) >= 11 is 0. The van der Waals surface area contributed by atoms with E-state index in [0.717, 1.165) is 5.22 Å². The van der Waals surface area contributed by atoms with Gasteiger partial charge in [0.2, 0.25) is 6.79 Å². The summed E-state index contributed by atoms with van der Waals surface area (Å²) in [5.41, 5.74) is 0. The molecule has 1 aromatic carbocycles. The standard InChI is InChI=1S/C10H10N2O4/c1-11-4-7-2-9-10(15-6-14-9)3-8(7)12(13)16-5-11/h2-4H,5-6H2,1H3. The fourth-order valence-corrected chi connectivity index (χ4v) is 1.70. The number of ether oxygens (including phenoxy) is 2. The van der Waals surface area contributed by atoms with Gasteiger partial charge in [-0.3, -0.25) is 5.21 Å². The van der Waals surface area contributed by atoms with Crippen LogP contribution in [0.2, 0.25) is 0 Å². The molecule has 6 nitrogen and oxygen atoms in total. The highest BCUT2D eigenvalue weighted by molar-refractivity contribution is 5.43. The van der Waals surface area contributed by atoms with E-state index in [1.165, 1.54) is 0 Å². The smallest absolute Gasteiger partial charge is 0.280 e. The van der Waals surface area contributed by atoms with E-state index in [-0.39, 0.29) is 13.5 Å². The van der Waals surface area contributed by atoms with E-state index in [9.17, 15) is 5.21 Å². The van der Waals surface area contributed by atoms with Crippen molar-refractivity contribution >= 4 is 6.20 Å². The van der Waals surface area contributed by atoms with E-state index in [1.54, 1.807) is 17.0 Å². The van der Waals surface area contributed by atoms with Crippen molar-refractivity contribution in [1.82, 2.24) is 9.80 Å². The van der Waals surface area contributed by atoms with Crippen molar-refractivity contribution < 1.29 is 14.3 Å². The average Bonchev–Trinajstić information content (AvgIpc) is 2.66. The molecule has 0 N–H and O–H groups in total. The maximum Gasteiger partial charge on any atom is 0.280 e. The lowest BCUT2D eigenvalue weighted by Crippen LogP contribution is -2.35. The molecule has 0 radical (unpaired) electrons. The molecule has 16 heavy (non-hydrogen) atoms. The molecule has 0 aromatic heterocycles. The summed E-state index contributed by atoms with van der Waals surface area (Å²) in [5.74, 6) is 1.22. The van der Waals surface area contributed by atoms with E-state index >= 15 is 0 Å². The van der Waals surface area contributed by atoms with E-state index in [1.807, 2.05) is 13.2 Å². The molecular weight excluding hydrogens is 212 g/mol. The highest BCUT2D eigenvalue weighted by Crippen LogP contribution is 2.27. The molecule has 0 atom stereocenters. The second kappa shape index (κ2) is 3.19. The molecule has 2 aliphatic rings. The van der Waals surface area contributed by atoms with E-state index in [0.29, 0.717) is 21.8 Å². The second-order valence-corrected chi connectivity index (χ2v) is 3.67. The van der Waals surface area contributed by atoms with Gasteiger partial charge in [-0.05, 0) is 6.07 Å². The molecule has 2 heterocycles. The normalized spacial score (nSPS) is 17.3. The molecule has 2 aliphatic heterocycles. The van der Waals surface area contributed by atoms with Crippen molar-refractivity contribution in [1.29, 1.82) is 0 Å². The zero-order chi connectivity index (χ0) is 11.1. The summed E-state index contributed by atoms with van der Waals surface area (Å²) in [6.07, 6.45) is 1.83. The SMILES string of the molecule is CN1C=c2cc3c(cc2=[N+]([O-])OC1)OCO3. The highest BCUT2D eigenvalue weighted by Gasteiger charge is 2.18. The molecule has 6 heteroatoms. The molecule has 0 amide bonds. The van der Waals surface area contributed by atoms with Crippen molar-refractivity contribution in [3.63, 3.8) is 0 Å². The van der Waals surface area contributed by atoms with Crippen LogP contribution < -0.4 is 25.0 Å². The lowest BCUT2D eigenvalue weighted by molar-refractivity contribution is -0.0151. The second-order valence-electron chi connectivity index (χ2n) is 3.67. The molecule has 0 bridgehead atoms. The fraction of sp³-hybridized carbons (Fsp3) is 0.300. The van der Waals surface area contributed by atoms with Crippen molar-refractivity contribution in [3.8, 4) is 11.5 Å². The summed E-state index contributed by atoms with van der Waals surface area (Å²) in [7, 11) is 1.83. The van der Waals surface area contributed by atoms with Crippen LogP contribution in [0, 0.1) is 5.21 Å². The van der Waals surface area contributed by atoms with Crippen LogP contribution in [0.5, 0.6) is 11.5 Å². The minimum atomic E-state index is 0.188.